The molecule has 3 aromatic rings. The molecule has 3 rings (SSSR count). The quantitative estimate of drug-likeness (QED) is 0.349. The summed E-state index contributed by atoms with van der Waals surface area (Å²) in [7, 11) is 1.69. The summed E-state index contributed by atoms with van der Waals surface area (Å²) in [5, 5.41) is 25.1. The predicted octanol–water partition coefficient (Wildman–Crippen LogP) is 2.26. The number of rotatable bonds is 7. The van der Waals surface area contributed by atoms with Crippen molar-refractivity contribution in [2.75, 3.05) is 25.6 Å². The Morgan fingerprint density at radius 2 is 1.93 bits per heavy atom. The van der Waals surface area contributed by atoms with Crippen molar-refractivity contribution in [2.45, 2.75) is 10.9 Å². The van der Waals surface area contributed by atoms with E-state index in [-0.39, 0.29) is 10.5 Å². The number of benzene rings is 2. The lowest BCUT2D eigenvalue weighted by atomic mass is 9.98. The minimum Gasteiger partial charge on any atom is -0.394 e. The normalized spacial score (nSPS) is 12.2. The molecule has 158 valence electrons. The summed E-state index contributed by atoms with van der Waals surface area (Å²) in [4.78, 5) is 17.0. The molecule has 10 heteroatoms. The molecule has 0 saturated carbocycles. The molecule has 30 heavy (non-hydrogen) atoms. The standard InChI is InChI=1S/C20H20ClN3O5S/c1-22-18-15(8-16(21)13-3-2-6-23-19(13)18)14-7-11(4-5-17(14)30(28)29)20(27)24-12(9-25)10-26/h2-8,12,22,25-26H,9-10H2,1H3,(H,24,27)(H,28,29). The molecule has 1 heterocycles. The van der Waals surface area contributed by atoms with E-state index in [0.717, 1.165) is 0 Å². The smallest absolute Gasteiger partial charge is 0.251 e. The van der Waals surface area contributed by atoms with E-state index in [4.69, 9.17) is 11.6 Å². The zero-order valence-electron chi connectivity index (χ0n) is 15.9. The Morgan fingerprint density at radius 3 is 2.57 bits per heavy atom. The largest absolute Gasteiger partial charge is 0.394 e. The van der Waals surface area contributed by atoms with Crippen molar-refractivity contribution < 1.29 is 23.8 Å². The third kappa shape index (κ3) is 4.30. The molecule has 5 N–H and O–H groups in total. The van der Waals surface area contributed by atoms with Gasteiger partial charge in [-0.1, -0.05) is 11.6 Å². The first-order valence-corrected chi connectivity index (χ1v) is 10.4. The lowest BCUT2D eigenvalue weighted by Crippen LogP contribution is -2.40. The van der Waals surface area contributed by atoms with E-state index in [1.165, 1.54) is 18.2 Å². The number of halogens is 1. The fraction of sp³-hybridized carbons (Fsp3) is 0.200. The average Bonchev–Trinajstić information content (AvgIpc) is 2.76. The van der Waals surface area contributed by atoms with E-state index >= 15 is 0 Å². The number of aromatic nitrogens is 1. The molecule has 0 spiro atoms. The van der Waals surface area contributed by atoms with Gasteiger partial charge in [0.25, 0.3) is 5.91 Å². The highest BCUT2D eigenvalue weighted by Gasteiger charge is 2.20. The number of carbonyl (C=O) groups is 1. The van der Waals surface area contributed by atoms with Crippen LogP contribution in [0.3, 0.4) is 0 Å². The molecule has 0 aliphatic carbocycles. The topological polar surface area (TPSA) is 132 Å². The van der Waals surface area contributed by atoms with Crippen LogP contribution >= 0.6 is 11.6 Å². The lowest BCUT2D eigenvalue weighted by Gasteiger charge is -2.17. The number of fused-ring (bicyclic) bond motifs is 1. The number of nitrogens with one attached hydrogen (secondary N) is 2. The van der Waals surface area contributed by atoms with E-state index < -0.39 is 36.2 Å². The van der Waals surface area contributed by atoms with Gasteiger partial charge in [0.1, 0.15) is 0 Å². The molecule has 0 aliphatic rings. The van der Waals surface area contributed by atoms with Gasteiger partial charge < -0.3 is 25.4 Å². The molecule has 2 aromatic carbocycles. The SMILES string of the molecule is CNc1c(-c2cc(C(=O)NC(CO)CO)ccc2S(=O)O)cc(Cl)c2cccnc12. The highest BCUT2D eigenvalue weighted by Crippen LogP contribution is 2.40. The van der Waals surface area contributed by atoms with Crippen LogP contribution in [0.4, 0.5) is 5.69 Å². The predicted molar refractivity (Wildman–Crippen MR) is 116 cm³/mol. The van der Waals surface area contributed by atoms with Gasteiger partial charge in [-0.05, 0) is 36.4 Å². The van der Waals surface area contributed by atoms with Gasteiger partial charge in [-0.25, -0.2) is 4.21 Å². The fourth-order valence-electron chi connectivity index (χ4n) is 3.12. The van der Waals surface area contributed by atoms with Crippen molar-refractivity contribution in [3.8, 4) is 11.1 Å². The van der Waals surface area contributed by atoms with Crippen LogP contribution in [-0.4, -0.2) is 56.2 Å². The number of aliphatic hydroxyl groups excluding tert-OH is 2. The highest BCUT2D eigenvalue weighted by molar-refractivity contribution is 7.79. The average molecular weight is 450 g/mol. The first-order chi connectivity index (χ1) is 14.4. The maximum Gasteiger partial charge on any atom is 0.251 e. The summed E-state index contributed by atoms with van der Waals surface area (Å²) in [5.41, 5.74) is 2.18. The monoisotopic (exact) mass is 449 g/mol. The van der Waals surface area contributed by atoms with Crippen LogP contribution in [0.1, 0.15) is 10.4 Å². The van der Waals surface area contributed by atoms with Gasteiger partial charge in [-0.15, -0.1) is 0 Å². The second kappa shape index (κ2) is 9.50. The summed E-state index contributed by atoms with van der Waals surface area (Å²) in [6.07, 6.45) is 1.61. The van der Waals surface area contributed by atoms with Crippen LogP contribution in [0.2, 0.25) is 5.02 Å². The van der Waals surface area contributed by atoms with E-state index in [1.54, 1.807) is 25.4 Å². The van der Waals surface area contributed by atoms with Gasteiger partial charge in [-0.2, -0.15) is 0 Å². The van der Waals surface area contributed by atoms with Crippen molar-refractivity contribution >= 4 is 45.2 Å². The third-order valence-electron chi connectivity index (χ3n) is 4.59. The van der Waals surface area contributed by atoms with Crippen LogP contribution in [-0.2, 0) is 11.1 Å². The van der Waals surface area contributed by atoms with Gasteiger partial charge in [0, 0.05) is 35.3 Å². The summed E-state index contributed by atoms with van der Waals surface area (Å²) in [6.45, 7) is -0.854. The van der Waals surface area contributed by atoms with Crippen molar-refractivity contribution in [2.24, 2.45) is 0 Å². The molecule has 0 fully saturated rings. The fourth-order valence-corrected chi connectivity index (χ4v) is 3.92. The second-order valence-corrected chi connectivity index (χ2v) is 7.77. The maximum absolute atomic E-state index is 12.5. The number of anilines is 1. The Kier molecular flexibility index (Phi) is 7.01. The van der Waals surface area contributed by atoms with Crippen LogP contribution in [0.25, 0.3) is 22.0 Å². The van der Waals surface area contributed by atoms with Crippen molar-refractivity contribution in [3.05, 3.63) is 53.2 Å². The number of hydrogen-bond acceptors (Lipinski definition) is 6. The van der Waals surface area contributed by atoms with E-state index in [1.807, 2.05) is 6.07 Å². The first-order valence-electron chi connectivity index (χ1n) is 8.94. The molecule has 1 aromatic heterocycles. The number of aliphatic hydroxyl groups is 2. The zero-order chi connectivity index (χ0) is 21.8. The summed E-state index contributed by atoms with van der Waals surface area (Å²) in [6, 6.07) is 8.64. The van der Waals surface area contributed by atoms with Crippen LogP contribution < -0.4 is 10.6 Å². The maximum atomic E-state index is 12.5. The molecule has 0 radical (unpaired) electrons. The summed E-state index contributed by atoms with van der Waals surface area (Å²) in [5.74, 6) is -0.546. The summed E-state index contributed by atoms with van der Waals surface area (Å²) >= 11 is 4.11. The summed E-state index contributed by atoms with van der Waals surface area (Å²) < 4.78 is 21.8. The van der Waals surface area contributed by atoms with Crippen LogP contribution in [0.5, 0.6) is 0 Å². The minimum atomic E-state index is -2.33. The molecule has 0 aliphatic heterocycles. The number of carbonyl (C=O) groups excluding carboxylic acids is 1. The Balaban J connectivity index is 2.22. The Bertz CT molecular complexity index is 1120. The third-order valence-corrected chi connectivity index (χ3v) is 5.63. The second-order valence-electron chi connectivity index (χ2n) is 6.43. The van der Waals surface area contributed by atoms with Gasteiger partial charge in [-0.3, -0.25) is 9.78 Å². The molecule has 0 bridgehead atoms. The molecular formula is C20H20ClN3O5S. The number of nitrogens with zero attached hydrogens (tertiary/aromatic N) is 1. The molecule has 1 unspecified atom stereocenters. The van der Waals surface area contributed by atoms with E-state index in [0.29, 0.717) is 32.7 Å². The lowest BCUT2D eigenvalue weighted by molar-refractivity contribution is 0.0879. The van der Waals surface area contributed by atoms with Crippen LogP contribution in [0.15, 0.2) is 47.5 Å². The molecule has 1 amide bonds. The molecule has 1 atom stereocenters. The Labute approximate surface area is 180 Å². The van der Waals surface area contributed by atoms with E-state index in [2.05, 4.69) is 15.6 Å². The number of amides is 1. The van der Waals surface area contributed by atoms with Gasteiger partial charge in [0.2, 0.25) is 0 Å². The van der Waals surface area contributed by atoms with Crippen molar-refractivity contribution in [1.29, 1.82) is 0 Å². The molecular weight excluding hydrogens is 430 g/mol. The first kappa shape index (κ1) is 22.1. The Hall–Kier alpha value is -2.56. The number of pyridine rings is 1. The van der Waals surface area contributed by atoms with Gasteiger partial charge in [0.15, 0.2) is 11.1 Å². The minimum absolute atomic E-state index is 0.0928. The molecule has 0 saturated heterocycles. The Morgan fingerprint density at radius 1 is 1.20 bits per heavy atom. The van der Waals surface area contributed by atoms with Crippen molar-refractivity contribution in [3.63, 3.8) is 0 Å². The van der Waals surface area contributed by atoms with Gasteiger partial charge >= 0.3 is 0 Å². The van der Waals surface area contributed by atoms with Gasteiger partial charge in [0.05, 0.1) is 40.4 Å². The van der Waals surface area contributed by atoms with Crippen LogP contribution in [0, 0.1) is 0 Å². The highest BCUT2D eigenvalue weighted by atomic mass is 35.5. The zero-order valence-corrected chi connectivity index (χ0v) is 17.5. The number of hydrogen-bond donors (Lipinski definition) is 5. The van der Waals surface area contributed by atoms with Crippen molar-refractivity contribution in [1.82, 2.24) is 10.3 Å². The molecule has 8 nitrogen and oxygen atoms in total. The van der Waals surface area contributed by atoms with E-state index in [9.17, 15) is 23.8 Å².